The smallest absolute Gasteiger partial charge is 0.253 e. The van der Waals surface area contributed by atoms with Gasteiger partial charge in [-0.25, -0.2) is 0 Å². The number of carbonyl (C=O) groups is 1. The highest BCUT2D eigenvalue weighted by Crippen LogP contribution is 2.33. The van der Waals surface area contributed by atoms with Crippen LogP contribution in [-0.4, -0.2) is 38.7 Å². The van der Waals surface area contributed by atoms with E-state index in [4.69, 9.17) is 14.7 Å². The van der Waals surface area contributed by atoms with Gasteiger partial charge < -0.3 is 14.7 Å². The molecule has 0 spiro atoms. The van der Waals surface area contributed by atoms with E-state index in [-0.39, 0.29) is 11.9 Å². The number of aryl methyl sites for hydroxylation is 1. The van der Waals surface area contributed by atoms with Gasteiger partial charge in [0.2, 0.25) is 11.8 Å². The van der Waals surface area contributed by atoms with Gasteiger partial charge in [0.25, 0.3) is 5.89 Å². The van der Waals surface area contributed by atoms with Crippen LogP contribution in [-0.2, 0) is 11.3 Å². The molecule has 8 heteroatoms. The molecular weight excluding hydrogens is 346 g/mol. The molecule has 1 atom stereocenters. The van der Waals surface area contributed by atoms with Crippen molar-refractivity contribution in [3.63, 3.8) is 0 Å². The van der Waals surface area contributed by atoms with Crippen molar-refractivity contribution < 1.29 is 13.7 Å². The number of hydrogen-bond donors (Lipinski definition) is 1. The summed E-state index contributed by atoms with van der Waals surface area (Å²) < 4.78 is 11.2. The number of aromatic nitrogens is 3. The van der Waals surface area contributed by atoms with Crippen molar-refractivity contribution in [2.24, 2.45) is 5.73 Å². The quantitative estimate of drug-likeness (QED) is 0.737. The van der Waals surface area contributed by atoms with Gasteiger partial charge in [-0.05, 0) is 26.3 Å². The molecule has 1 aliphatic rings. The van der Waals surface area contributed by atoms with E-state index in [2.05, 4.69) is 15.4 Å². The number of benzene rings is 1. The lowest BCUT2D eigenvalue weighted by Gasteiger charge is -2.32. The molecule has 4 rings (SSSR count). The topological polar surface area (TPSA) is 111 Å². The fraction of sp³-hybridized carbons (Fsp3) is 0.368. The van der Waals surface area contributed by atoms with Gasteiger partial charge in [-0.15, -0.1) is 10.2 Å². The lowest BCUT2D eigenvalue weighted by atomic mass is 10.0. The Morgan fingerprint density at radius 3 is 2.85 bits per heavy atom. The first-order valence-electron chi connectivity index (χ1n) is 9.01. The summed E-state index contributed by atoms with van der Waals surface area (Å²) in [6, 6.07) is 9.42. The van der Waals surface area contributed by atoms with E-state index in [1.807, 2.05) is 42.2 Å². The van der Waals surface area contributed by atoms with Gasteiger partial charge in [-0.2, -0.15) is 0 Å². The third-order valence-corrected chi connectivity index (χ3v) is 4.87. The maximum absolute atomic E-state index is 11.7. The first-order chi connectivity index (χ1) is 13.1. The molecule has 0 unspecified atom stereocenters. The highest BCUT2D eigenvalue weighted by atomic mass is 16.5. The van der Waals surface area contributed by atoms with Gasteiger partial charge in [0.15, 0.2) is 0 Å². The van der Waals surface area contributed by atoms with Crippen molar-refractivity contribution in [3.8, 4) is 22.7 Å². The molecule has 1 amide bonds. The first kappa shape index (κ1) is 17.4. The Kier molecular flexibility index (Phi) is 4.72. The minimum atomic E-state index is -0.310. The van der Waals surface area contributed by atoms with Crippen LogP contribution >= 0.6 is 0 Å². The normalized spacial score (nSPS) is 17.9. The summed E-state index contributed by atoms with van der Waals surface area (Å²) in [4.78, 5) is 13.7. The van der Waals surface area contributed by atoms with Crippen LogP contribution < -0.4 is 5.73 Å². The molecule has 0 radical (unpaired) electrons. The number of piperidine rings is 1. The summed E-state index contributed by atoms with van der Waals surface area (Å²) >= 11 is 0. The molecule has 2 N–H and O–H groups in total. The largest absolute Gasteiger partial charge is 0.419 e. The van der Waals surface area contributed by atoms with E-state index >= 15 is 0 Å². The average molecular weight is 367 g/mol. The molecule has 1 saturated heterocycles. The Bertz CT molecular complexity index is 934. The van der Waals surface area contributed by atoms with Gasteiger partial charge in [0.1, 0.15) is 17.0 Å². The standard InChI is InChI=1S/C19H21N5O3/c1-12-16(17(23-27-12)13-7-3-2-4-8-13)19-22-21-15(26-19)11-24-10-6-5-9-14(24)18(20)25/h2-4,7-8,14H,5-6,9-11H2,1H3,(H2,20,25)/t14-/m0/s1. The third kappa shape index (κ3) is 3.48. The zero-order valence-corrected chi connectivity index (χ0v) is 15.1. The van der Waals surface area contributed by atoms with Crippen molar-refractivity contribution in [3.05, 3.63) is 42.0 Å². The van der Waals surface area contributed by atoms with Gasteiger partial charge in [0, 0.05) is 5.56 Å². The van der Waals surface area contributed by atoms with Crippen LogP contribution in [0.5, 0.6) is 0 Å². The summed E-state index contributed by atoms with van der Waals surface area (Å²) in [7, 11) is 0. The van der Waals surface area contributed by atoms with E-state index in [1.165, 1.54) is 0 Å². The molecule has 2 aromatic heterocycles. The fourth-order valence-corrected chi connectivity index (χ4v) is 3.51. The average Bonchev–Trinajstić information content (AvgIpc) is 3.29. The van der Waals surface area contributed by atoms with Crippen LogP contribution in [0.25, 0.3) is 22.7 Å². The van der Waals surface area contributed by atoms with Crippen LogP contribution in [0.15, 0.2) is 39.3 Å². The summed E-state index contributed by atoms with van der Waals surface area (Å²) in [6.45, 7) is 2.99. The molecule has 1 aliphatic heterocycles. The fourth-order valence-electron chi connectivity index (χ4n) is 3.51. The maximum atomic E-state index is 11.7. The molecule has 140 valence electrons. The Balaban J connectivity index is 1.60. The lowest BCUT2D eigenvalue weighted by Crippen LogP contribution is -2.47. The third-order valence-electron chi connectivity index (χ3n) is 4.87. The Morgan fingerprint density at radius 1 is 1.26 bits per heavy atom. The van der Waals surface area contributed by atoms with E-state index in [9.17, 15) is 4.79 Å². The van der Waals surface area contributed by atoms with E-state index < -0.39 is 0 Å². The summed E-state index contributed by atoms with van der Waals surface area (Å²) in [5.41, 5.74) is 7.79. The zero-order chi connectivity index (χ0) is 18.8. The summed E-state index contributed by atoms with van der Waals surface area (Å²) in [5, 5.41) is 12.5. The van der Waals surface area contributed by atoms with E-state index in [0.29, 0.717) is 35.3 Å². The molecule has 27 heavy (non-hydrogen) atoms. The van der Waals surface area contributed by atoms with Crippen LogP contribution in [0.4, 0.5) is 0 Å². The van der Waals surface area contributed by atoms with Gasteiger partial charge in [0.05, 0.1) is 12.6 Å². The van der Waals surface area contributed by atoms with Gasteiger partial charge in [-0.3, -0.25) is 9.69 Å². The highest BCUT2D eigenvalue weighted by Gasteiger charge is 2.29. The van der Waals surface area contributed by atoms with Crippen molar-refractivity contribution in [1.29, 1.82) is 0 Å². The van der Waals surface area contributed by atoms with Crippen molar-refractivity contribution in [1.82, 2.24) is 20.3 Å². The molecular formula is C19H21N5O3. The Hall–Kier alpha value is -3.00. The van der Waals surface area contributed by atoms with Crippen LogP contribution in [0, 0.1) is 6.92 Å². The Morgan fingerprint density at radius 2 is 2.07 bits per heavy atom. The number of likely N-dealkylation sites (tertiary alicyclic amines) is 1. The van der Waals surface area contributed by atoms with Crippen LogP contribution in [0.3, 0.4) is 0 Å². The van der Waals surface area contributed by atoms with Crippen LogP contribution in [0.2, 0.25) is 0 Å². The first-order valence-corrected chi connectivity index (χ1v) is 9.01. The Labute approximate surface area is 156 Å². The molecule has 3 aromatic rings. The van der Waals surface area contributed by atoms with Crippen molar-refractivity contribution >= 4 is 5.91 Å². The molecule has 0 saturated carbocycles. The zero-order valence-electron chi connectivity index (χ0n) is 15.1. The van der Waals surface area contributed by atoms with Gasteiger partial charge in [-0.1, -0.05) is 41.9 Å². The minimum Gasteiger partial charge on any atom is -0.419 e. The molecule has 0 aliphatic carbocycles. The number of primary amides is 1. The van der Waals surface area contributed by atoms with E-state index in [1.54, 1.807) is 0 Å². The number of carbonyl (C=O) groups excluding carboxylic acids is 1. The second-order valence-electron chi connectivity index (χ2n) is 6.71. The highest BCUT2D eigenvalue weighted by molar-refractivity contribution is 5.80. The maximum Gasteiger partial charge on any atom is 0.253 e. The predicted molar refractivity (Wildman–Crippen MR) is 97.2 cm³/mol. The molecule has 1 fully saturated rings. The summed E-state index contributed by atoms with van der Waals surface area (Å²) in [5.74, 6) is 1.10. The molecule has 8 nitrogen and oxygen atoms in total. The monoisotopic (exact) mass is 367 g/mol. The minimum absolute atomic E-state index is 0.286. The predicted octanol–water partition coefficient (Wildman–Crippen LogP) is 2.54. The van der Waals surface area contributed by atoms with Crippen LogP contribution in [0.1, 0.15) is 30.9 Å². The second-order valence-corrected chi connectivity index (χ2v) is 6.71. The summed E-state index contributed by atoms with van der Waals surface area (Å²) in [6.07, 6.45) is 2.78. The van der Waals surface area contributed by atoms with Crippen molar-refractivity contribution in [2.75, 3.05) is 6.54 Å². The number of amides is 1. The van der Waals surface area contributed by atoms with E-state index in [0.717, 1.165) is 31.4 Å². The number of hydrogen-bond acceptors (Lipinski definition) is 7. The number of rotatable bonds is 5. The number of nitrogens with two attached hydrogens (primary N) is 1. The molecule has 0 bridgehead atoms. The SMILES string of the molecule is Cc1onc(-c2ccccc2)c1-c1nnc(CN2CCCC[C@H]2C(N)=O)o1. The second kappa shape index (κ2) is 7.32. The van der Waals surface area contributed by atoms with Gasteiger partial charge >= 0.3 is 0 Å². The lowest BCUT2D eigenvalue weighted by molar-refractivity contribution is -0.124. The van der Waals surface area contributed by atoms with Crippen molar-refractivity contribution in [2.45, 2.75) is 38.8 Å². The number of nitrogens with zero attached hydrogens (tertiary/aromatic N) is 4. The molecule has 1 aromatic carbocycles. The molecule has 3 heterocycles.